The lowest BCUT2D eigenvalue weighted by molar-refractivity contribution is -0.127. The van der Waals surface area contributed by atoms with E-state index < -0.39 is 6.10 Å². The van der Waals surface area contributed by atoms with Gasteiger partial charge < -0.3 is 14.8 Å². The number of benzene rings is 1. The first-order valence-electron chi connectivity index (χ1n) is 7.61. The Bertz CT molecular complexity index is 507. The molecule has 0 bridgehead atoms. The topological polar surface area (TPSA) is 47.6 Å². The number of aryl methyl sites for hydroxylation is 2. The molecule has 21 heavy (non-hydrogen) atoms. The smallest absolute Gasteiger partial charge is 0.260 e. The van der Waals surface area contributed by atoms with Crippen molar-refractivity contribution in [3.8, 4) is 5.75 Å². The summed E-state index contributed by atoms with van der Waals surface area (Å²) in [5.41, 5.74) is 3.40. The van der Waals surface area contributed by atoms with E-state index in [0.29, 0.717) is 6.54 Å². The Balaban J connectivity index is 1.91. The second-order valence-corrected chi connectivity index (χ2v) is 5.85. The summed E-state index contributed by atoms with van der Waals surface area (Å²) in [5.74, 6) is 0.691. The van der Waals surface area contributed by atoms with Gasteiger partial charge in [0.05, 0.1) is 6.10 Å². The van der Waals surface area contributed by atoms with Crippen molar-refractivity contribution in [1.82, 2.24) is 5.32 Å². The minimum absolute atomic E-state index is 0.0935. The van der Waals surface area contributed by atoms with E-state index in [-0.39, 0.29) is 12.0 Å². The molecule has 1 fully saturated rings. The standard InChI is InChI=1S/C17H25NO3/c1-11-8-12(2)13(3)16(9-11)21-14(4)17(19)18-10-15-6-5-7-20-15/h8-9,14-15H,5-7,10H2,1-4H3,(H,18,19). The Morgan fingerprint density at radius 3 is 2.86 bits per heavy atom. The largest absolute Gasteiger partial charge is 0.481 e. The Morgan fingerprint density at radius 1 is 1.43 bits per heavy atom. The number of nitrogens with one attached hydrogen (secondary N) is 1. The number of carbonyl (C=O) groups excluding carboxylic acids is 1. The molecule has 1 amide bonds. The third kappa shape index (κ3) is 4.21. The average molecular weight is 291 g/mol. The molecule has 4 nitrogen and oxygen atoms in total. The molecule has 1 aromatic carbocycles. The number of carbonyl (C=O) groups is 1. The molecule has 2 rings (SSSR count). The van der Waals surface area contributed by atoms with Gasteiger partial charge in [0.1, 0.15) is 5.75 Å². The van der Waals surface area contributed by atoms with Crippen molar-refractivity contribution in [3.05, 3.63) is 28.8 Å². The van der Waals surface area contributed by atoms with Gasteiger partial charge in [0, 0.05) is 13.2 Å². The van der Waals surface area contributed by atoms with E-state index in [1.807, 2.05) is 19.9 Å². The van der Waals surface area contributed by atoms with E-state index in [4.69, 9.17) is 9.47 Å². The van der Waals surface area contributed by atoms with Gasteiger partial charge >= 0.3 is 0 Å². The Kier molecular flexibility index (Phi) is 5.23. The number of hydrogen-bond acceptors (Lipinski definition) is 3. The van der Waals surface area contributed by atoms with Gasteiger partial charge in [-0.25, -0.2) is 0 Å². The number of amides is 1. The lowest BCUT2D eigenvalue weighted by Gasteiger charge is -2.19. The zero-order valence-electron chi connectivity index (χ0n) is 13.4. The Hall–Kier alpha value is -1.55. The summed E-state index contributed by atoms with van der Waals surface area (Å²) in [6.45, 7) is 9.24. The van der Waals surface area contributed by atoms with Gasteiger partial charge in [-0.15, -0.1) is 0 Å². The van der Waals surface area contributed by atoms with Crippen LogP contribution in [0, 0.1) is 20.8 Å². The quantitative estimate of drug-likeness (QED) is 0.907. The fourth-order valence-corrected chi connectivity index (χ4v) is 2.53. The van der Waals surface area contributed by atoms with Gasteiger partial charge in [-0.2, -0.15) is 0 Å². The van der Waals surface area contributed by atoms with Crippen LogP contribution < -0.4 is 10.1 Å². The Labute approximate surface area is 126 Å². The second-order valence-electron chi connectivity index (χ2n) is 5.85. The van der Waals surface area contributed by atoms with E-state index in [1.165, 1.54) is 5.56 Å². The second kappa shape index (κ2) is 6.94. The molecular formula is C17H25NO3. The Morgan fingerprint density at radius 2 is 2.19 bits per heavy atom. The third-order valence-corrected chi connectivity index (χ3v) is 3.96. The molecule has 2 atom stereocenters. The molecular weight excluding hydrogens is 266 g/mol. The van der Waals surface area contributed by atoms with Crippen LogP contribution in [0.15, 0.2) is 12.1 Å². The summed E-state index contributed by atoms with van der Waals surface area (Å²) < 4.78 is 11.3. The third-order valence-electron chi connectivity index (χ3n) is 3.96. The molecule has 0 radical (unpaired) electrons. The molecule has 0 saturated carbocycles. The number of hydrogen-bond donors (Lipinski definition) is 1. The summed E-state index contributed by atoms with van der Waals surface area (Å²) in [6.07, 6.45) is 1.75. The molecule has 4 heteroatoms. The van der Waals surface area contributed by atoms with Crippen molar-refractivity contribution in [3.63, 3.8) is 0 Å². The van der Waals surface area contributed by atoms with Crippen molar-refractivity contribution in [2.75, 3.05) is 13.2 Å². The van der Waals surface area contributed by atoms with E-state index >= 15 is 0 Å². The highest BCUT2D eigenvalue weighted by atomic mass is 16.5. The predicted molar refractivity (Wildman–Crippen MR) is 82.7 cm³/mol. The maximum absolute atomic E-state index is 12.1. The average Bonchev–Trinajstić information content (AvgIpc) is 2.94. The van der Waals surface area contributed by atoms with E-state index in [1.54, 1.807) is 6.92 Å². The van der Waals surface area contributed by atoms with Crippen LogP contribution >= 0.6 is 0 Å². The monoisotopic (exact) mass is 291 g/mol. The zero-order chi connectivity index (χ0) is 15.4. The highest BCUT2D eigenvalue weighted by molar-refractivity contribution is 5.80. The fraction of sp³-hybridized carbons (Fsp3) is 0.588. The lowest BCUT2D eigenvalue weighted by atomic mass is 10.1. The molecule has 0 spiro atoms. The summed E-state index contributed by atoms with van der Waals surface area (Å²) in [7, 11) is 0. The first-order valence-corrected chi connectivity index (χ1v) is 7.61. The van der Waals surface area contributed by atoms with Crippen LogP contribution in [0.1, 0.15) is 36.5 Å². The summed E-state index contributed by atoms with van der Waals surface area (Å²) in [5, 5.41) is 2.90. The van der Waals surface area contributed by atoms with Gasteiger partial charge in [0.2, 0.25) is 0 Å². The van der Waals surface area contributed by atoms with Crippen LogP contribution in [0.5, 0.6) is 5.75 Å². The maximum Gasteiger partial charge on any atom is 0.260 e. The van der Waals surface area contributed by atoms with Gasteiger partial charge in [0.25, 0.3) is 5.91 Å². The SMILES string of the molecule is Cc1cc(C)c(C)c(OC(C)C(=O)NCC2CCCO2)c1. The maximum atomic E-state index is 12.1. The highest BCUT2D eigenvalue weighted by Gasteiger charge is 2.20. The molecule has 1 aliphatic heterocycles. The van der Waals surface area contributed by atoms with Crippen LogP contribution in [-0.4, -0.2) is 31.3 Å². The molecule has 1 heterocycles. The van der Waals surface area contributed by atoms with Gasteiger partial charge in [-0.1, -0.05) is 6.07 Å². The van der Waals surface area contributed by atoms with Crippen molar-refractivity contribution in [2.24, 2.45) is 0 Å². The normalized spacial score (nSPS) is 19.3. The number of ether oxygens (including phenoxy) is 2. The zero-order valence-corrected chi connectivity index (χ0v) is 13.4. The summed E-state index contributed by atoms with van der Waals surface area (Å²) in [6, 6.07) is 4.09. The minimum Gasteiger partial charge on any atom is -0.481 e. The molecule has 0 aromatic heterocycles. The predicted octanol–water partition coefficient (Wildman–Crippen LogP) is 2.67. The number of rotatable bonds is 5. The van der Waals surface area contributed by atoms with Crippen LogP contribution in [0.25, 0.3) is 0 Å². The van der Waals surface area contributed by atoms with Crippen molar-refractivity contribution >= 4 is 5.91 Å². The van der Waals surface area contributed by atoms with Crippen LogP contribution in [0.3, 0.4) is 0 Å². The molecule has 1 saturated heterocycles. The molecule has 0 aliphatic carbocycles. The van der Waals surface area contributed by atoms with Crippen LogP contribution in [-0.2, 0) is 9.53 Å². The van der Waals surface area contributed by atoms with Crippen LogP contribution in [0.4, 0.5) is 0 Å². The molecule has 1 aliphatic rings. The summed E-state index contributed by atoms with van der Waals surface area (Å²) in [4.78, 5) is 12.1. The highest BCUT2D eigenvalue weighted by Crippen LogP contribution is 2.24. The minimum atomic E-state index is -0.508. The van der Waals surface area contributed by atoms with Gasteiger partial charge in [-0.05, 0) is 63.3 Å². The fourth-order valence-electron chi connectivity index (χ4n) is 2.53. The van der Waals surface area contributed by atoms with E-state index in [2.05, 4.69) is 18.3 Å². The van der Waals surface area contributed by atoms with Crippen molar-refractivity contribution in [2.45, 2.75) is 52.7 Å². The van der Waals surface area contributed by atoms with E-state index in [0.717, 1.165) is 36.3 Å². The summed E-state index contributed by atoms with van der Waals surface area (Å²) >= 11 is 0. The van der Waals surface area contributed by atoms with E-state index in [9.17, 15) is 4.79 Å². The van der Waals surface area contributed by atoms with Crippen molar-refractivity contribution in [1.29, 1.82) is 0 Å². The lowest BCUT2D eigenvalue weighted by Crippen LogP contribution is -2.40. The first-order chi connectivity index (χ1) is 9.97. The van der Waals surface area contributed by atoms with Crippen molar-refractivity contribution < 1.29 is 14.3 Å². The van der Waals surface area contributed by atoms with Crippen LogP contribution in [0.2, 0.25) is 0 Å². The molecule has 1 N–H and O–H groups in total. The first kappa shape index (κ1) is 15.8. The van der Waals surface area contributed by atoms with Gasteiger partial charge in [0.15, 0.2) is 6.10 Å². The molecule has 2 unspecified atom stereocenters. The molecule has 116 valence electrons. The molecule has 1 aromatic rings. The van der Waals surface area contributed by atoms with Gasteiger partial charge in [-0.3, -0.25) is 4.79 Å².